The molecule has 0 amide bonds. The quantitative estimate of drug-likeness (QED) is 0.756. The molecule has 1 unspecified atom stereocenters. The molecule has 16 heavy (non-hydrogen) atoms. The Bertz CT molecular complexity index is 261. The Balaban J connectivity index is 2.19. The fraction of sp³-hybridized carbons (Fsp3) is 1.00. The summed E-state index contributed by atoms with van der Waals surface area (Å²) in [5.41, 5.74) is 3.61. The Morgan fingerprint density at radius 3 is 1.94 bits per heavy atom. The highest BCUT2D eigenvalue weighted by molar-refractivity contribution is 5.08. The predicted molar refractivity (Wildman–Crippen MR) is 56.0 cm³/mol. The van der Waals surface area contributed by atoms with Crippen LogP contribution in [0.1, 0.15) is 39.5 Å². The summed E-state index contributed by atoms with van der Waals surface area (Å²) in [4.78, 5) is 2.22. The maximum Gasteiger partial charge on any atom is 0.406 e. The summed E-state index contributed by atoms with van der Waals surface area (Å²) < 4.78 is 38.7. The second kappa shape index (κ2) is 3.60. The number of piperidine rings is 1. The summed E-state index contributed by atoms with van der Waals surface area (Å²) in [5, 5.41) is 0. The van der Waals surface area contributed by atoms with Crippen LogP contribution in [0.2, 0.25) is 0 Å². The van der Waals surface area contributed by atoms with Gasteiger partial charge in [0.2, 0.25) is 0 Å². The molecule has 2 nitrogen and oxygen atoms in total. The van der Waals surface area contributed by atoms with Gasteiger partial charge in [-0.3, -0.25) is 4.90 Å². The molecule has 94 valence electrons. The highest BCUT2D eigenvalue weighted by Crippen LogP contribution is 2.47. The smallest absolute Gasteiger partial charge is 0.318 e. The van der Waals surface area contributed by atoms with Crippen molar-refractivity contribution in [2.75, 3.05) is 0 Å². The summed E-state index contributed by atoms with van der Waals surface area (Å²) >= 11 is 0. The molecule has 0 aromatic carbocycles. The van der Waals surface area contributed by atoms with Gasteiger partial charge in [0, 0.05) is 18.1 Å². The van der Waals surface area contributed by atoms with Gasteiger partial charge in [-0.1, -0.05) is 0 Å². The van der Waals surface area contributed by atoms with Crippen LogP contribution in [0.25, 0.3) is 0 Å². The number of hydrogen-bond donors (Lipinski definition) is 1. The third-order valence-electron chi connectivity index (χ3n) is 4.04. The third kappa shape index (κ3) is 1.74. The van der Waals surface area contributed by atoms with Crippen molar-refractivity contribution >= 4 is 0 Å². The molecule has 3 atom stereocenters. The summed E-state index contributed by atoms with van der Waals surface area (Å²) in [6, 6.07) is 0.353. The largest absolute Gasteiger partial charge is 0.406 e. The maximum absolute atomic E-state index is 12.9. The molecular formula is C11H19F3N2. The number of hydrogen-bond acceptors (Lipinski definition) is 2. The standard InChI is InChI=1S/C11H19F3N2/c1-7(2)16-8-3-4-9(16)6-10(15,5-8)11(12,13)14/h7-9H,3-6,15H2,1-2H3/t8-,9+,10?. The molecule has 0 aromatic rings. The van der Waals surface area contributed by atoms with E-state index in [9.17, 15) is 13.2 Å². The van der Waals surface area contributed by atoms with Crippen molar-refractivity contribution in [3.8, 4) is 0 Å². The molecule has 5 heteroatoms. The van der Waals surface area contributed by atoms with Crippen LogP contribution >= 0.6 is 0 Å². The maximum atomic E-state index is 12.9. The van der Waals surface area contributed by atoms with Crippen molar-refractivity contribution in [1.29, 1.82) is 0 Å². The van der Waals surface area contributed by atoms with Crippen LogP contribution in [-0.4, -0.2) is 34.7 Å². The van der Waals surface area contributed by atoms with Crippen molar-refractivity contribution in [2.24, 2.45) is 5.73 Å². The highest BCUT2D eigenvalue weighted by Gasteiger charge is 2.59. The molecular weight excluding hydrogens is 217 g/mol. The fourth-order valence-electron chi connectivity index (χ4n) is 3.39. The molecule has 2 bridgehead atoms. The zero-order valence-electron chi connectivity index (χ0n) is 9.72. The van der Waals surface area contributed by atoms with Gasteiger partial charge in [0.1, 0.15) is 5.54 Å². The first kappa shape index (κ1) is 12.2. The van der Waals surface area contributed by atoms with E-state index >= 15 is 0 Å². The molecule has 0 saturated carbocycles. The Hall–Kier alpha value is -0.290. The van der Waals surface area contributed by atoms with Gasteiger partial charge in [-0.05, 0) is 39.5 Å². The first-order chi connectivity index (χ1) is 7.24. The Kier molecular flexibility index (Phi) is 2.74. The van der Waals surface area contributed by atoms with E-state index in [-0.39, 0.29) is 24.9 Å². The summed E-state index contributed by atoms with van der Waals surface area (Å²) in [5.74, 6) is 0. The minimum atomic E-state index is -4.27. The van der Waals surface area contributed by atoms with E-state index in [0.29, 0.717) is 6.04 Å². The van der Waals surface area contributed by atoms with Gasteiger partial charge in [-0.25, -0.2) is 0 Å². The minimum Gasteiger partial charge on any atom is -0.318 e. The van der Waals surface area contributed by atoms with Crippen molar-refractivity contribution in [1.82, 2.24) is 4.90 Å². The van der Waals surface area contributed by atoms with Crippen molar-refractivity contribution in [2.45, 2.75) is 69.4 Å². The zero-order valence-corrected chi connectivity index (χ0v) is 9.72. The van der Waals surface area contributed by atoms with Gasteiger partial charge >= 0.3 is 6.18 Å². The van der Waals surface area contributed by atoms with E-state index in [1.54, 1.807) is 0 Å². The van der Waals surface area contributed by atoms with Gasteiger partial charge in [-0.2, -0.15) is 13.2 Å². The van der Waals surface area contributed by atoms with Gasteiger partial charge in [-0.15, -0.1) is 0 Å². The number of nitrogens with zero attached hydrogens (tertiary/aromatic N) is 1. The van der Waals surface area contributed by atoms with Crippen LogP contribution in [0.4, 0.5) is 13.2 Å². The highest BCUT2D eigenvalue weighted by atomic mass is 19.4. The molecule has 0 aromatic heterocycles. The summed E-state index contributed by atoms with van der Waals surface area (Å²) in [7, 11) is 0. The molecule has 2 saturated heterocycles. The van der Waals surface area contributed by atoms with E-state index in [1.807, 2.05) is 13.8 Å². The zero-order chi connectivity index (χ0) is 12.1. The van der Waals surface area contributed by atoms with Crippen LogP contribution in [0.15, 0.2) is 0 Å². The van der Waals surface area contributed by atoms with Crippen LogP contribution in [-0.2, 0) is 0 Å². The SMILES string of the molecule is CC(C)N1[C@@H]2CC[C@H]1CC(N)(C(F)(F)F)C2. The number of nitrogens with two attached hydrogens (primary N) is 1. The lowest BCUT2D eigenvalue weighted by atomic mass is 9.82. The molecule has 0 aliphatic carbocycles. The van der Waals surface area contributed by atoms with Crippen LogP contribution in [0.3, 0.4) is 0 Å². The Labute approximate surface area is 94.0 Å². The molecule has 2 heterocycles. The Morgan fingerprint density at radius 2 is 1.62 bits per heavy atom. The predicted octanol–water partition coefficient (Wildman–Crippen LogP) is 2.28. The van der Waals surface area contributed by atoms with Crippen molar-refractivity contribution < 1.29 is 13.2 Å². The monoisotopic (exact) mass is 236 g/mol. The first-order valence-electron chi connectivity index (χ1n) is 5.88. The van der Waals surface area contributed by atoms with E-state index < -0.39 is 11.7 Å². The lowest BCUT2D eigenvalue weighted by molar-refractivity contribution is -0.204. The van der Waals surface area contributed by atoms with E-state index in [1.165, 1.54) is 0 Å². The van der Waals surface area contributed by atoms with E-state index in [2.05, 4.69) is 4.90 Å². The molecule has 2 aliphatic heterocycles. The first-order valence-corrected chi connectivity index (χ1v) is 5.88. The van der Waals surface area contributed by atoms with Gasteiger partial charge in [0.25, 0.3) is 0 Å². The van der Waals surface area contributed by atoms with Gasteiger partial charge < -0.3 is 5.73 Å². The number of fused-ring (bicyclic) bond motifs is 2. The molecule has 2 aliphatic rings. The molecule has 0 spiro atoms. The number of alkyl halides is 3. The molecule has 2 N–H and O–H groups in total. The fourth-order valence-corrected chi connectivity index (χ4v) is 3.39. The summed E-state index contributed by atoms with van der Waals surface area (Å²) in [6.45, 7) is 4.09. The van der Waals surface area contributed by atoms with Gasteiger partial charge in [0.15, 0.2) is 0 Å². The van der Waals surface area contributed by atoms with Gasteiger partial charge in [0.05, 0.1) is 0 Å². The van der Waals surface area contributed by atoms with E-state index in [0.717, 1.165) is 12.8 Å². The van der Waals surface area contributed by atoms with Crippen LogP contribution < -0.4 is 5.73 Å². The van der Waals surface area contributed by atoms with Crippen molar-refractivity contribution in [3.05, 3.63) is 0 Å². The molecule has 0 radical (unpaired) electrons. The van der Waals surface area contributed by atoms with Crippen LogP contribution in [0.5, 0.6) is 0 Å². The average molecular weight is 236 g/mol. The number of rotatable bonds is 1. The van der Waals surface area contributed by atoms with E-state index in [4.69, 9.17) is 5.73 Å². The normalized spacial score (nSPS) is 40.7. The average Bonchev–Trinajstić information content (AvgIpc) is 2.37. The number of halogens is 3. The topological polar surface area (TPSA) is 29.3 Å². The van der Waals surface area contributed by atoms with Crippen molar-refractivity contribution in [3.63, 3.8) is 0 Å². The molecule has 2 rings (SSSR count). The van der Waals surface area contributed by atoms with Crippen LogP contribution in [0, 0.1) is 0 Å². The lowest BCUT2D eigenvalue weighted by Crippen LogP contribution is -2.63. The minimum absolute atomic E-state index is 0.0189. The second-order valence-corrected chi connectivity index (χ2v) is 5.49. The third-order valence-corrected chi connectivity index (χ3v) is 4.04. The summed E-state index contributed by atoms with van der Waals surface area (Å²) in [6.07, 6.45) is -2.43. The molecule has 2 fully saturated rings. The second-order valence-electron chi connectivity index (χ2n) is 5.49. The lowest BCUT2D eigenvalue weighted by Gasteiger charge is -2.46. The Morgan fingerprint density at radius 1 is 1.19 bits per heavy atom.